The molecule has 0 bridgehead atoms. The number of azide groups is 1. The summed E-state index contributed by atoms with van der Waals surface area (Å²) in [5.41, 5.74) is 9.56. The maximum Gasteiger partial charge on any atom is 0.327 e. The molecule has 1 unspecified atom stereocenters. The van der Waals surface area contributed by atoms with Gasteiger partial charge in [-0.3, -0.25) is 0 Å². The minimum atomic E-state index is -0.676. The summed E-state index contributed by atoms with van der Waals surface area (Å²) in [6, 6.07) is -0.676. The number of esters is 1. The molecule has 0 saturated carbocycles. The molecule has 9 heteroatoms. The smallest absolute Gasteiger partial charge is 0.327 e. The van der Waals surface area contributed by atoms with Gasteiger partial charge in [0.05, 0.1) is 25.5 Å². The molecular weight excluding hydrogens is 276 g/mol. The van der Waals surface area contributed by atoms with E-state index in [0.717, 1.165) is 0 Å². The van der Waals surface area contributed by atoms with Crippen LogP contribution >= 0.6 is 0 Å². The van der Waals surface area contributed by atoms with Crippen molar-refractivity contribution >= 4 is 5.97 Å². The number of rotatable bonds is 8. The lowest BCUT2D eigenvalue weighted by Crippen LogP contribution is -2.31. The van der Waals surface area contributed by atoms with Crippen molar-refractivity contribution in [3.05, 3.63) is 21.7 Å². The normalized spacial score (nSPS) is 11.6. The second-order valence-electron chi connectivity index (χ2n) is 4.35. The molecule has 1 aromatic heterocycles. The zero-order valence-electron chi connectivity index (χ0n) is 12.7. The van der Waals surface area contributed by atoms with Crippen LogP contribution < -0.4 is 10.1 Å². The number of nitrogens with zero attached hydrogens (tertiary/aromatic N) is 5. The molecule has 1 atom stereocenters. The number of aromatic nitrogens is 2. The lowest BCUT2D eigenvalue weighted by molar-refractivity contribution is -0.143. The summed E-state index contributed by atoms with van der Waals surface area (Å²) in [5, 5.41) is 10.8. The fourth-order valence-electron chi connectivity index (χ4n) is 2.09. The number of aryl methyl sites for hydroxylation is 2. The largest absolute Gasteiger partial charge is 0.481 e. The van der Waals surface area contributed by atoms with Crippen LogP contribution in [0.25, 0.3) is 10.4 Å². The van der Waals surface area contributed by atoms with Crippen molar-refractivity contribution in [1.29, 1.82) is 0 Å². The predicted octanol–water partition coefficient (Wildman–Crippen LogP) is 1.24. The number of hydrogen-bond acceptors (Lipinski definition) is 6. The SMILES string of the molecule is COC(=O)C(NCCCN=[N+]=[N-])c1c(C)nn(C)c1OC. The van der Waals surface area contributed by atoms with Crippen LogP contribution in [0, 0.1) is 6.92 Å². The minimum absolute atomic E-state index is 0.362. The van der Waals surface area contributed by atoms with Gasteiger partial charge in [0.2, 0.25) is 5.88 Å². The molecule has 0 fully saturated rings. The van der Waals surface area contributed by atoms with Gasteiger partial charge in [-0.05, 0) is 25.4 Å². The molecule has 0 radical (unpaired) electrons. The van der Waals surface area contributed by atoms with E-state index in [0.29, 0.717) is 36.6 Å². The molecule has 116 valence electrons. The number of carbonyl (C=O) groups excluding carboxylic acids is 1. The van der Waals surface area contributed by atoms with E-state index >= 15 is 0 Å². The first-order chi connectivity index (χ1) is 10.1. The quantitative estimate of drug-likeness (QED) is 0.255. The molecule has 1 N–H and O–H groups in total. The summed E-state index contributed by atoms with van der Waals surface area (Å²) in [6.45, 7) is 2.66. The van der Waals surface area contributed by atoms with Gasteiger partial charge in [0.25, 0.3) is 0 Å². The van der Waals surface area contributed by atoms with E-state index in [2.05, 4.69) is 20.4 Å². The standard InChI is InChI=1S/C12H20N6O3/c1-8-9(11(20-3)18(2)16-8)10(12(19)21-4)14-6-5-7-15-17-13/h10,14H,5-7H2,1-4H3. The van der Waals surface area contributed by atoms with Gasteiger partial charge in [-0.2, -0.15) is 5.10 Å². The average molecular weight is 296 g/mol. The Labute approximate surface area is 122 Å². The Morgan fingerprint density at radius 1 is 1.57 bits per heavy atom. The molecule has 0 amide bonds. The second kappa shape index (κ2) is 8.13. The summed E-state index contributed by atoms with van der Waals surface area (Å²) < 4.78 is 11.7. The van der Waals surface area contributed by atoms with Gasteiger partial charge < -0.3 is 14.8 Å². The van der Waals surface area contributed by atoms with E-state index in [1.807, 2.05) is 0 Å². The van der Waals surface area contributed by atoms with Crippen molar-refractivity contribution in [3.63, 3.8) is 0 Å². The molecule has 21 heavy (non-hydrogen) atoms. The maximum absolute atomic E-state index is 12.0. The topological polar surface area (TPSA) is 114 Å². The molecule has 0 aliphatic rings. The number of ether oxygens (including phenoxy) is 2. The third-order valence-electron chi connectivity index (χ3n) is 2.98. The molecule has 0 aliphatic carbocycles. The van der Waals surface area contributed by atoms with Crippen LogP contribution in [0.3, 0.4) is 0 Å². The molecule has 0 spiro atoms. The molecule has 1 rings (SSSR count). The Hall–Kier alpha value is -2.25. The fourth-order valence-corrected chi connectivity index (χ4v) is 2.09. The maximum atomic E-state index is 12.0. The van der Waals surface area contributed by atoms with E-state index in [1.165, 1.54) is 14.2 Å². The van der Waals surface area contributed by atoms with Crippen molar-refractivity contribution in [2.45, 2.75) is 19.4 Å². The van der Waals surface area contributed by atoms with Crippen LogP contribution in [-0.2, 0) is 16.6 Å². The van der Waals surface area contributed by atoms with Gasteiger partial charge in [-0.25, -0.2) is 9.48 Å². The van der Waals surface area contributed by atoms with Gasteiger partial charge in [0.1, 0.15) is 6.04 Å². The van der Waals surface area contributed by atoms with Crippen LogP contribution in [0.2, 0.25) is 0 Å². The molecule has 9 nitrogen and oxygen atoms in total. The van der Waals surface area contributed by atoms with Crippen molar-refractivity contribution in [2.75, 3.05) is 27.3 Å². The Morgan fingerprint density at radius 3 is 2.86 bits per heavy atom. The van der Waals surface area contributed by atoms with Crippen molar-refractivity contribution in [1.82, 2.24) is 15.1 Å². The summed E-state index contributed by atoms with van der Waals surface area (Å²) in [4.78, 5) is 14.7. The van der Waals surface area contributed by atoms with E-state index in [4.69, 9.17) is 15.0 Å². The minimum Gasteiger partial charge on any atom is -0.481 e. The zero-order chi connectivity index (χ0) is 15.8. The highest BCUT2D eigenvalue weighted by molar-refractivity contribution is 5.78. The van der Waals surface area contributed by atoms with E-state index in [9.17, 15) is 4.79 Å². The van der Waals surface area contributed by atoms with Crippen LogP contribution in [0.1, 0.15) is 23.7 Å². The summed E-state index contributed by atoms with van der Waals surface area (Å²) in [7, 11) is 4.59. The molecule has 0 saturated heterocycles. The summed E-state index contributed by atoms with van der Waals surface area (Å²) in [5.74, 6) is 0.0821. The van der Waals surface area contributed by atoms with E-state index < -0.39 is 12.0 Å². The fraction of sp³-hybridized carbons (Fsp3) is 0.667. The van der Waals surface area contributed by atoms with Crippen molar-refractivity contribution < 1.29 is 14.3 Å². The lowest BCUT2D eigenvalue weighted by Gasteiger charge is -2.17. The van der Waals surface area contributed by atoms with Crippen molar-refractivity contribution in [3.8, 4) is 5.88 Å². The van der Waals surface area contributed by atoms with E-state index in [1.54, 1.807) is 18.7 Å². The Balaban J connectivity index is 2.92. The summed E-state index contributed by atoms with van der Waals surface area (Å²) in [6.07, 6.45) is 0.610. The lowest BCUT2D eigenvalue weighted by atomic mass is 10.1. The number of methoxy groups -OCH3 is 2. The zero-order valence-corrected chi connectivity index (χ0v) is 12.7. The molecular formula is C12H20N6O3. The monoisotopic (exact) mass is 296 g/mol. The first-order valence-corrected chi connectivity index (χ1v) is 6.46. The van der Waals surface area contributed by atoms with Crippen molar-refractivity contribution in [2.24, 2.45) is 12.2 Å². The van der Waals surface area contributed by atoms with Gasteiger partial charge in [-0.1, -0.05) is 5.11 Å². The predicted molar refractivity (Wildman–Crippen MR) is 75.9 cm³/mol. The third-order valence-corrected chi connectivity index (χ3v) is 2.98. The Bertz CT molecular complexity index is 535. The van der Waals surface area contributed by atoms with Gasteiger partial charge in [-0.15, -0.1) is 0 Å². The van der Waals surface area contributed by atoms with E-state index in [-0.39, 0.29) is 0 Å². The highest BCUT2D eigenvalue weighted by atomic mass is 16.5. The highest BCUT2D eigenvalue weighted by Crippen LogP contribution is 2.28. The number of carbonyl (C=O) groups is 1. The first kappa shape index (κ1) is 16.8. The molecule has 1 heterocycles. The van der Waals surface area contributed by atoms with Gasteiger partial charge in [0.15, 0.2) is 0 Å². The average Bonchev–Trinajstić information content (AvgIpc) is 2.76. The van der Waals surface area contributed by atoms with Crippen LogP contribution in [0.4, 0.5) is 0 Å². The summed E-state index contributed by atoms with van der Waals surface area (Å²) >= 11 is 0. The molecule has 0 aromatic carbocycles. The van der Waals surface area contributed by atoms with Gasteiger partial charge >= 0.3 is 5.97 Å². The highest BCUT2D eigenvalue weighted by Gasteiger charge is 2.29. The number of nitrogens with one attached hydrogen (secondary N) is 1. The van der Waals surface area contributed by atoms with Gasteiger partial charge in [0, 0.05) is 18.5 Å². The van der Waals surface area contributed by atoms with Crippen LogP contribution in [0.15, 0.2) is 5.11 Å². The second-order valence-corrected chi connectivity index (χ2v) is 4.35. The number of hydrogen-bond donors (Lipinski definition) is 1. The molecule has 0 aliphatic heterocycles. The van der Waals surface area contributed by atoms with Crippen LogP contribution in [0.5, 0.6) is 5.88 Å². The first-order valence-electron chi connectivity index (χ1n) is 6.46. The van der Waals surface area contributed by atoms with Crippen LogP contribution in [-0.4, -0.2) is 43.1 Å². The third kappa shape index (κ3) is 4.11. The Kier molecular flexibility index (Phi) is 6.51. The Morgan fingerprint density at radius 2 is 2.29 bits per heavy atom. The molecule has 1 aromatic rings.